The third-order valence-electron chi connectivity index (χ3n) is 3.01. The molecule has 8 heteroatoms. The number of aliphatic imine (C=N–C) groups is 1. The maximum absolute atomic E-state index is 5.11. The third-order valence-corrected chi connectivity index (χ3v) is 3.97. The van der Waals surface area contributed by atoms with E-state index in [4.69, 9.17) is 19.1 Å². The van der Waals surface area contributed by atoms with E-state index in [9.17, 15) is 0 Å². The standard InChI is InChI=1S/C6H11NS.2C5H9NO2.3C2H6/c1-5-3-4-8-6(2)7-5;1-4-3-7-6-5(2)8-4;1-4-3-7-5(2)6-8-4;3*1-2/h5H,3-4H2,1-2H3;2*4H,3H2,1-2H3;3*1-2H3. The van der Waals surface area contributed by atoms with E-state index >= 15 is 0 Å². The molecule has 7 nitrogen and oxygen atoms in total. The first kappa shape index (κ1) is 33.2. The molecule has 3 heterocycles. The smallest absolute Gasteiger partial charge is 0.222 e. The lowest BCUT2D eigenvalue weighted by atomic mass is 10.3. The minimum atomic E-state index is 0.110. The van der Waals surface area contributed by atoms with E-state index in [0.717, 1.165) is 0 Å². The number of hydrogen-bond acceptors (Lipinski definition) is 8. The predicted octanol–water partition coefficient (Wildman–Crippen LogP) is 6.52. The van der Waals surface area contributed by atoms with Gasteiger partial charge in [-0.2, -0.15) is 0 Å². The van der Waals surface area contributed by atoms with E-state index in [1.807, 2.05) is 67.2 Å². The zero-order valence-electron chi connectivity index (χ0n) is 21.4. The van der Waals surface area contributed by atoms with Gasteiger partial charge in [-0.05, 0) is 34.1 Å². The van der Waals surface area contributed by atoms with Crippen LogP contribution in [-0.2, 0) is 19.1 Å². The minimum absolute atomic E-state index is 0.110. The largest absolute Gasteiger partial charge is 0.475 e. The molecule has 0 aliphatic carbocycles. The number of thioether (sulfide) groups is 1. The van der Waals surface area contributed by atoms with Crippen molar-refractivity contribution in [1.82, 2.24) is 0 Å². The molecule has 0 aromatic carbocycles. The maximum atomic E-state index is 5.11. The second kappa shape index (κ2) is 23.8. The van der Waals surface area contributed by atoms with Gasteiger partial charge in [0.15, 0.2) is 12.7 Å². The summed E-state index contributed by atoms with van der Waals surface area (Å²) in [4.78, 5) is 14.0. The van der Waals surface area contributed by atoms with Crippen LogP contribution in [0.15, 0.2) is 15.3 Å². The molecule has 3 aliphatic rings. The Hall–Kier alpha value is -1.44. The van der Waals surface area contributed by atoms with Crippen LogP contribution in [0.1, 0.15) is 89.5 Å². The molecule has 3 atom stereocenters. The molecule has 3 rings (SSSR count). The van der Waals surface area contributed by atoms with Crippen LogP contribution in [0.5, 0.6) is 0 Å². The van der Waals surface area contributed by atoms with Crippen LogP contribution in [-0.4, -0.2) is 54.1 Å². The van der Waals surface area contributed by atoms with E-state index in [-0.39, 0.29) is 12.2 Å². The van der Waals surface area contributed by atoms with Gasteiger partial charge in [0.05, 0.1) is 5.04 Å². The van der Waals surface area contributed by atoms with Crippen molar-refractivity contribution in [1.29, 1.82) is 0 Å². The highest BCUT2D eigenvalue weighted by Crippen LogP contribution is 2.16. The fourth-order valence-corrected chi connectivity index (χ4v) is 2.84. The zero-order chi connectivity index (χ0) is 23.9. The summed E-state index contributed by atoms with van der Waals surface area (Å²) in [7, 11) is 0. The molecule has 0 saturated carbocycles. The molecular formula is C22H47N3O4S. The summed E-state index contributed by atoms with van der Waals surface area (Å²) in [5.74, 6) is 2.49. The third kappa shape index (κ3) is 21.3. The molecule has 0 aromatic heterocycles. The maximum Gasteiger partial charge on any atom is 0.222 e. The zero-order valence-corrected chi connectivity index (χ0v) is 22.3. The van der Waals surface area contributed by atoms with Crippen LogP contribution in [0, 0.1) is 0 Å². The van der Waals surface area contributed by atoms with Crippen molar-refractivity contribution in [3.8, 4) is 0 Å². The van der Waals surface area contributed by atoms with Crippen molar-refractivity contribution >= 4 is 28.6 Å². The Morgan fingerprint density at radius 1 is 0.800 bits per heavy atom. The van der Waals surface area contributed by atoms with Crippen LogP contribution < -0.4 is 0 Å². The van der Waals surface area contributed by atoms with Crippen molar-refractivity contribution in [2.45, 2.75) is 108 Å². The van der Waals surface area contributed by atoms with Gasteiger partial charge in [-0.3, -0.25) is 4.99 Å². The average Bonchev–Trinajstić information content (AvgIpc) is 2.75. The van der Waals surface area contributed by atoms with E-state index < -0.39 is 0 Å². The molecule has 0 saturated heterocycles. The van der Waals surface area contributed by atoms with E-state index in [0.29, 0.717) is 31.1 Å². The lowest BCUT2D eigenvalue weighted by Gasteiger charge is -2.16. The van der Waals surface area contributed by atoms with Gasteiger partial charge in [0.2, 0.25) is 11.8 Å². The summed E-state index contributed by atoms with van der Waals surface area (Å²) >= 11 is 1.87. The number of rotatable bonds is 0. The molecule has 0 spiro atoms. The molecule has 180 valence electrons. The Balaban J connectivity index is -0.000000323. The summed E-state index contributed by atoms with van der Waals surface area (Å²) < 4.78 is 10.1. The Labute approximate surface area is 190 Å². The van der Waals surface area contributed by atoms with E-state index in [1.165, 1.54) is 17.2 Å². The van der Waals surface area contributed by atoms with Crippen molar-refractivity contribution in [3.63, 3.8) is 0 Å². The minimum Gasteiger partial charge on any atom is -0.475 e. The lowest BCUT2D eigenvalue weighted by molar-refractivity contribution is 0.000235. The monoisotopic (exact) mass is 449 g/mol. The van der Waals surface area contributed by atoms with Gasteiger partial charge in [0.1, 0.15) is 12.7 Å². The quantitative estimate of drug-likeness (QED) is 0.421. The highest BCUT2D eigenvalue weighted by molar-refractivity contribution is 8.13. The molecule has 0 aromatic rings. The fraction of sp³-hybridized carbons (Fsp3) is 0.864. The summed E-state index contributed by atoms with van der Waals surface area (Å²) in [6.07, 6.45) is 1.52. The van der Waals surface area contributed by atoms with Crippen LogP contribution >= 0.6 is 11.8 Å². The second-order valence-corrected chi connectivity index (χ2v) is 7.09. The van der Waals surface area contributed by atoms with Gasteiger partial charge in [0.25, 0.3) is 0 Å². The second-order valence-electron chi connectivity index (χ2n) is 5.81. The fourth-order valence-electron chi connectivity index (χ4n) is 1.83. The average molecular weight is 450 g/mol. The number of nitrogens with zero attached hydrogens (tertiary/aromatic N) is 3. The van der Waals surface area contributed by atoms with Gasteiger partial charge in [-0.15, -0.1) is 11.8 Å². The van der Waals surface area contributed by atoms with Gasteiger partial charge < -0.3 is 19.1 Å². The normalized spacial score (nSPS) is 23.3. The predicted molar refractivity (Wildman–Crippen MR) is 133 cm³/mol. The first-order valence-electron chi connectivity index (χ1n) is 11.2. The van der Waals surface area contributed by atoms with E-state index in [2.05, 4.69) is 29.2 Å². The Kier molecular flexibility index (Phi) is 26.4. The number of ether oxygens (including phenoxy) is 2. The van der Waals surface area contributed by atoms with Crippen LogP contribution in [0.2, 0.25) is 0 Å². The Morgan fingerprint density at radius 3 is 1.70 bits per heavy atom. The van der Waals surface area contributed by atoms with Crippen molar-refractivity contribution < 1.29 is 19.1 Å². The van der Waals surface area contributed by atoms with E-state index in [1.54, 1.807) is 13.8 Å². The topological polar surface area (TPSA) is 74.0 Å². The van der Waals surface area contributed by atoms with Crippen LogP contribution in [0.25, 0.3) is 0 Å². The first-order valence-corrected chi connectivity index (χ1v) is 12.2. The summed E-state index contributed by atoms with van der Waals surface area (Å²) in [5, 5.41) is 8.43. The summed E-state index contributed by atoms with van der Waals surface area (Å²) in [6, 6.07) is 0.580. The summed E-state index contributed by atoms with van der Waals surface area (Å²) in [5.41, 5.74) is 0. The molecular weight excluding hydrogens is 402 g/mol. The van der Waals surface area contributed by atoms with Crippen LogP contribution in [0.3, 0.4) is 0 Å². The van der Waals surface area contributed by atoms with Crippen molar-refractivity contribution in [2.75, 3.05) is 19.0 Å². The molecule has 0 bridgehead atoms. The number of hydrogen-bond donors (Lipinski definition) is 0. The summed E-state index contributed by atoms with van der Waals surface area (Å²) in [6.45, 7) is 24.8. The molecule has 0 N–H and O–H groups in total. The number of oxime groups is 2. The van der Waals surface area contributed by atoms with Gasteiger partial charge >= 0.3 is 0 Å². The SMILES string of the molecule is CC.CC.CC.CC1=NC(C)CCS1.CC1=NOC(C)CO1.CC1=NOCC(C)O1. The molecule has 0 radical (unpaired) electrons. The van der Waals surface area contributed by atoms with Gasteiger partial charge in [-0.1, -0.05) is 51.9 Å². The van der Waals surface area contributed by atoms with Crippen molar-refractivity contribution in [2.24, 2.45) is 15.3 Å². The molecule has 0 amide bonds. The molecule has 30 heavy (non-hydrogen) atoms. The molecule has 3 unspecified atom stereocenters. The highest BCUT2D eigenvalue weighted by Gasteiger charge is 2.09. The Morgan fingerprint density at radius 2 is 1.40 bits per heavy atom. The highest BCUT2D eigenvalue weighted by atomic mass is 32.2. The van der Waals surface area contributed by atoms with Gasteiger partial charge in [-0.25, -0.2) is 0 Å². The van der Waals surface area contributed by atoms with Crippen molar-refractivity contribution in [3.05, 3.63) is 0 Å². The Bertz CT molecular complexity index is 471. The molecule has 3 aliphatic heterocycles. The van der Waals surface area contributed by atoms with Gasteiger partial charge in [0, 0.05) is 25.6 Å². The lowest BCUT2D eigenvalue weighted by Crippen LogP contribution is -2.22. The molecule has 0 fully saturated rings. The van der Waals surface area contributed by atoms with Crippen LogP contribution in [0.4, 0.5) is 0 Å². The first-order chi connectivity index (χ1) is 14.4.